The number of aromatic nitrogens is 3. The molecule has 0 fully saturated rings. The molecular weight excluding hydrogens is 170 g/mol. The van der Waals surface area contributed by atoms with Crippen molar-refractivity contribution in [3.05, 3.63) is 10.5 Å². The van der Waals surface area contributed by atoms with Crippen LogP contribution < -0.4 is 10.4 Å². The summed E-state index contributed by atoms with van der Waals surface area (Å²) in [5.41, 5.74) is -0.223. The molecule has 1 rings (SSSR count). The van der Waals surface area contributed by atoms with Crippen molar-refractivity contribution in [1.29, 1.82) is 0 Å². The smallest absolute Gasteiger partial charge is 0.349 e. The summed E-state index contributed by atoms with van der Waals surface area (Å²) in [6.07, 6.45) is 0. The Balaban J connectivity index is 3.07. The van der Waals surface area contributed by atoms with E-state index < -0.39 is 0 Å². The predicted octanol–water partition coefficient (Wildman–Crippen LogP) is -0.386. The molecule has 0 saturated heterocycles. The molecule has 1 aromatic rings. The Bertz CT molecular complexity index is 405. The van der Waals surface area contributed by atoms with Crippen molar-refractivity contribution in [2.45, 2.75) is 13.5 Å². The highest BCUT2D eigenvalue weighted by Gasteiger charge is 2.07. The van der Waals surface area contributed by atoms with E-state index in [4.69, 9.17) is 4.74 Å². The predicted molar refractivity (Wildman–Crippen MR) is 47.5 cm³/mol. The zero-order valence-electron chi connectivity index (χ0n) is 7.87. The molecule has 5 heteroatoms. The Labute approximate surface area is 75.9 Å². The summed E-state index contributed by atoms with van der Waals surface area (Å²) in [4.78, 5) is 11.4. The van der Waals surface area contributed by atoms with Crippen molar-refractivity contribution in [3.8, 4) is 17.9 Å². The van der Waals surface area contributed by atoms with Crippen molar-refractivity contribution in [1.82, 2.24) is 14.3 Å². The summed E-state index contributed by atoms with van der Waals surface area (Å²) in [5, 5.41) is 3.91. The van der Waals surface area contributed by atoms with Gasteiger partial charge in [0.25, 0.3) is 0 Å². The van der Waals surface area contributed by atoms with Crippen LogP contribution in [-0.4, -0.2) is 21.5 Å². The lowest BCUT2D eigenvalue weighted by molar-refractivity contribution is 0.361. The van der Waals surface area contributed by atoms with Crippen LogP contribution >= 0.6 is 0 Å². The summed E-state index contributed by atoms with van der Waals surface area (Å²) < 4.78 is 7.46. The quantitative estimate of drug-likeness (QED) is 0.584. The lowest BCUT2D eigenvalue weighted by atomic mass is 10.6. The average molecular weight is 181 g/mol. The molecule has 1 aromatic heterocycles. The van der Waals surface area contributed by atoms with Crippen molar-refractivity contribution >= 4 is 0 Å². The highest BCUT2D eigenvalue weighted by molar-refractivity contribution is 4.98. The van der Waals surface area contributed by atoms with Gasteiger partial charge in [-0.15, -0.1) is 11.0 Å². The zero-order valence-corrected chi connectivity index (χ0v) is 7.87. The van der Waals surface area contributed by atoms with Crippen molar-refractivity contribution in [2.75, 3.05) is 7.11 Å². The molecule has 0 amide bonds. The summed E-state index contributed by atoms with van der Waals surface area (Å²) in [7, 11) is 3.07. The van der Waals surface area contributed by atoms with Crippen molar-refractivity contribution in [2.24, 2.45) is 7.05 Å². The topological polar surface area (TPSA) is 49.0 Å². The molecule has 0 bridgehead atoms. The van der Waals surface area contributed by atoms with E-state index in [0.717, 1.165) is 0 Å². The Kier molecular flexibility index (Phi) is 2.75. The fraction of sp³-hybridized carbons (Fsp3) is 0.500. The summed E-state index contributed by atoms with van der Waals surface area (Å²) in [6, 6.07) is 0.294. The maximum atomic E-state index is 11.4. The van der Waals surface area contributed by atoms with Crippen LogP contribution in [0.5, 0.6) is 6.01 Å². The third-order valence-electron chi connectivity index (χ3n) is 1.59. The van der Waals surface area contributed by atoms with Crippen LogP contribution in [0, 0.1) is 11.8 Å². The minimum atomic E-state index is -0.223. The minimum Gasteiger partial charge on any atom is -0.467 e. The molecule has 0 N–H and O–H groups in total. The number of rotatable bonds is 2. The van der Waals surface area contributed by atoms with Gasteiger partial charge in [-0.05, 0) is 6.92 Å². The third kappa shape index (κ3) is 1.72. The molecule has 1 heterocycles. The fourth-order valence-corrected chi connectivity index (χ4v) is 0.903. The second-order valence-electron chi connectivity index (χ2n) is 2.41. The van der Waals surface area contributed by atoms with Crippen LogP contribution in [0.25, 0.3) is 0 Å². The van der Waals surface area contributed by atoms with Crippen molar-refractivity contribution < 1.29 is 4.74 Å². The molecule has 0 radical (unpaired) electrons. The first kappa shape index (κ1) is 9.39. The van der Waals surface area contributed by atoms with Gasteiger partial charge in [-0.25, -0.2) is 9.36 Å². The lowest BCUT2D eigenvalue weighted by Gasteiger charge is -1.92. The van der Waals surface area contributed by atoms with E-state index in [1.165, 1.54) is 16.4 Å². The standard InChI is InChI=1S/C8H11N3O2/c1-4-5-6-11-8(12)10(2)7(9-11)13-3/h6H2,1-3H3. The summed E-state index contributed by atoms with van der Waals surface area (Å²) in [5.74, 6) is 5.44. The molecule has 0 aliphatic heterocycles. The molecule has 0 unspecified atom stereocenters. The van der Waals surface area contributed by atoms with Crippen LogP contribution in [0.2, 0.25) is 0 Å². The monoisotopic (exact) mass is 181 g/mol. The van der Waals surface area contributed by atoms with Gasteiger partial charge in [0.05, 0.1) is 7.11 Å². The van der Waals surface area contributed by atoms with E-state index in [9.17, 15) is 4.79 Å². The van der Waals surface area contributed by atoms with Crippen LogP contribution in [0.1, 0.15) is 6.92 Å². The fourth-order valence-electron chi connectivity index (χ4n) is 0.903. The van der Waals surface area contributed by atoms with E-state index >= 15 is 0 Å². The summed E-state index contributed by atoms with van der Waals surface area (Å²) >= 11 is 0. The van der Waals surface area contributed by atoms with Gasteiger partial charge in [-0.3, -0.25) is 0 Å². The van der Waals surface area contributed by atoms with Crippen LogP contribution in [0.15, 0.2) is 4.79 Å². The molecule has 0 spiro atoms. The number of nitrogens with zero attached hydrogens (tertiary/aromatic N) is 3. The average Bonchev–Trinajstić information content (AvgIpc) is 2.41. The normalized spacial score (nSPS) is 9.15. The number of methoxy groups -OCH3 is 1. The number of ether oxygens (including phenoxy) is 1. The SMILES string of the molecule is CC#CCn1nc(OC)n(C)c1=O. The Morgan fingerprint density at radius 2 is 2.31 bits per heavy atom. The van der Waals surface area contributed by atoms with Gasteiger partial charge >= 0.3 is 11.7 Å². The van der Waals surface area contributed by atoms with Gasteiger partial charge in [0.1, 0.15) is 6.54 Å². The second-order valence-corrected chi connectivity index (χ2v) is 2.41. The molecule has 70 valence electrons. The molecular formula is C8H11N3O2. The minimum absolute atomic E-state index is 0.223. The third-order valence-corrected chi connectivity index (χ3v) is 1.59. The highest BCUT2D eigenvalue weighted by Crippen LogP contribution is 1.97. The van der Waals surface area contributed by atoms with E-state index in [1.807, 2.05) is 0 Å². The van der Waals surface area contributed by atoms with E-state index in [-0.39, 0.29) is 5.69 Å². The van der Waals surface area contributed by atoms with E-state index in [0.29, 0.717) is 12.6 Å². The van der Waals surface area contributed by atoms with E-state index in [2.05, 4.69) is 16.9 Å². The van der Waals surface area contributed by atoms with Gasteiger partial charge in [0, 0.05) is 7.05 Å². The van der Waals surface area contributed by atoms with Gasteiger partial charge in [-0.2, -0.15) is 4.68 Å². The number of hydrogen-bond donors (Lipinski definition) is 0. The Morgan fingerprint density at radius 1 is 1.62 bits per heavy atom. The van der Waals surface area contributed by atoms with Gasteiger partial charge in [-0.1, -0.05) is 5.92 Å². The first-order valence-electron chi connectivity index (χ1n) is 3.78. The molecule has 0 aromatic carbocycles. The highest BCUT2D eigenvalue weighted by atomic mass is 16.5. The molecule has 0 aliphatic rings. The summed E-state index contributed by atoms with van der Waals surface area (Å²) in [6.45, 7) is 2.01. The lowest BCUT2D eigenvalue weighted by Crippen LogP contribution is -2.22. The maximum Gasteiger partial charge on any atom is 0.349 e. The zero-order chi connectivity index (χ0) is 9.84. The second kappa shape index (κ2) is 3.81. The number of hydrogen-bond acceptors (Lipinski definition) is 3. The first-order chi connectivity index (χ1) is 6.20. The molecule has 0 aliphatic carbocycles. The Morgan fingerprint density at radius 3 is 2.77 bits per heavy atom. The molecule has 0 atom stereocenters. The largest absolute Gasteiger partial charge is 0.467 e. The van der Waals surface area contributed by atoms with E-state index in [1.54, 1.807) is 14.0 Å². The van der Waals surface area contributed by atoms with Gasteiger partial charge in [0.15, 0.2) is 0 Å². The van der Waals surface area contributed by atoms with Crippen LogP contribution in [0.4, 0.5) is 0 Å². The van der Waals surface area contributed by atoms with Crippen molar-refractivity contribution in [3.63, 3.8) is 0 Å². The first-order valence-corrected chi connectivity index (χ1v) is 3.78. The van der Waals surface area contributed by atoms with Gasteiger partial charge < -0.3 is 4.74 Å². The molecule has 13 heavy (non-hydrogen) atoms. The maximum absolute atomic E-state index is 11.4. The molecule has 0 saturated carbocycles. The molecule has 5 nitrogen and oxygen atoms in total. The Hall–Kier alpha value is -1.70. The van der Waals surface area contributed by atoms with Gasteiger partial charge in [0.2, 0.25) is 0 Å². The van der Waals surface area contributed by atoms with Crippen LogP contribution in [0.3, 0.4) is 0 Å². The van der Waals surface area contributed by atoms with Crippen LogP contribution in [-0.2, 0) is 13.6 Å².